The fourth-order valence-corrected chi connectivity index (χ4v) is 2.66. The van der Waals surface area contributed by atoms with E-state index in [1.807, 2.05) is 0 Å². The van der Waals surface area contributed by atoms with Crippen LogP contribution in [0.2, 0.25) is 0 Å². The van der Waals surface area contributed by atoms with Crippen LogP contribution in [0.3, 0.4) is 0 Å². The van der Waals surface area contributed by atoms with Crippen LogP contribution in [0.4, 0.5) is 5.69 Å². The molecule has 0 aliphatic carbocycles. The third-order valence-corrected chi connectivity index (χ3v) is 4.00. The fraction of sp³-hybridized carbons (Fsp3) is 0.400. The molecular formula is C20H27N. The Kier molecular flexibility index (Phi) is 5.06. The number of para-hydroxylation sites is 1. The SMILES string of the molecule is CC(CCNc1ccccc1C(C)(C)C)c1ccccc1. The van der Waals surface area contributed by atoms with Crippen molar-refractivity contribution in [3.8, 4) is 0 Å². The zero-order chi connectivity index (χ0) is 15.3. The lowest BCUT2D eigenvalue weighted by Gasteiger charge is -2.24. The van der Waals surface area contributed by atoms with Crippen LogP contribution in [0.5, 0.6) is 0 Å². The lowest BCUT2D eigenvalue weighted by molar-refractivity contribution is 0.591. The molecule has 0 radical (unpaired) electrons. The van der Waals surface area contributed by atoms with Gasteiger partial charge in [0, 0.05) is 12.2 Å². The monoisotopic (exact) mass is 281 g/mol. The average Bonchev–Trinajstić information content (AvgIpc) is 2.47. The molecule has 0 saturated carbocycles. The van der Waals surface area contributed by atoms with Crippen molar-refractivity contribution in [1.29, 1.82) is 0 Å². The summed E-state index contributed by atoms with van der Waals surface area (Å²) in [4.78, 5) is 0. The van der Waals surface area contributed by atoms with Gasteiger partial charge in [-0.2, -0.15) is 0 Å². The topological polar surface area (TPSA) is 12.0 Å². The second-order valence-corrected chi connectivity index (χ2v) is 6.82. The van der Waals surface area contributed by atoms with Gasteiger partial charge in [-0.25, -0.2) is 0 Å². The standard InChI is InChI=1S/C20H27N/c1-16(17-10-6-5-7-11-17)14-15-21-19-13-9-8-12-18(19)20(2,3)4/h5-13,16,21H,14-15H2,1-4H3. The third-order valence-electron chi connectivity index (χ3n) is 4.00. The minimum absolute atomic E-state index is 0.175. The molecule has 0 spiro atoms. The molecule has 0 amide bonds. The highest BCUT2D eigenvalue weighted by Gasteiger charge is 2.17. The van der Waals surface area contributed by atoms with Crippen LogP contribution < -0.4 is 5.32 Å². The van der Waals surface area contributed by atoms with E-state index >= 15 is 0 Å². The Morgan fingerprint density at radius 2 is 1.52 bits per heavy atom. The summed E-state index contributed by atoms with van der Waals surface area (Å²) in [6, 6.07) is 19.4. The summed E-state index contributed by atoms with van der Waals surface area (Å²) in [6.45, 7) is 10.1. The van der Waals surface area contributed by atoms with Gasteiger partial charge in [-0.3, -0.25) is 0 Å². The first-order chi connectivity index (χ1) is 9.98. The zero-order valence-electron chi connectivity index (χ0n) is 13.7. The van der Waals surface area contributed by atoms with E-state index in [0.29, 0.717) is 5.92 Å². The Morgan fingerprint density at radius 1 is 0.905 bits per heavy atom. The van der Waals surface area contributed by atoms with Gasteiger partial charge in [0.15, 0.2) is 0 Å². The highest BCUT2D eigenvalue weighted by molar-refractivity contribution is 5.54. The van der Waals surface area contributed by atoms with Crippen LogP contribution in [-0.2, 0) is 5.41 Å². The van der Waals surface area contributed by atoms with E-state index in [4.69, 9.17) is 0 Å². The molecule has 2 rings (SSSR count). The quantitative estimate of drug-likeness (QED) is 0.753. The number of anilines is 1. The Labute approximate surface area is 129 Å². The van der Waals surface area contributed by atoms with E-state index in [0.717, 1.165) is 13.0 Å². The molecule has 0 aliphatic heterocycles. The molecule has 21 heavy (non-hydrogen) atoms. The largest absolute Gasteiger partial charge is 0.385 e. The van der Waals surface area contributed by atoms with E-state index in [-0.39, 0.29) is 5.41 Å². The Bertz CT molecular complexity index is 552. The molecule has 0 bridgehead atoms. The van der Waals surface area contributed by atoms with Gasteiger partial charge in [0.1, 0.15) is 0 Å². The second-order valence-electron chi connectivity index (χ2n) is 6.82. The highest BCUT2D eigenvalue weighted by Crippen LogP contribution is 2.29. The zero-order valence-corrected chi connectivity index (χ0v) is 13.7. The summed E-state index contributed by atoms with van der Waals surface area (Å²) >= 11 is 0. The molecule has 0 saturated heterocycles. The summed E-state index contributed by atoms with van der Waals surface area (Å²) in [7, 11) is 0. The average molecular weight is 281 g/mol. The van der Waals surface area contributed by atoms with Gasteiger partial charge in [-0.1, -0.05) is 76.2 Å². The summed E-state index contributed by atoms with van der Waals surface area (Å²) in [5.74, 6) is 0.584. The summed E-state index contributed by atoms with van der Waals surface area (Å²) in [6.07, 6.45) is 1.14. The molecule has 112 valence electrons. The predicted molar refractivity (Wildman–Crippen MR) is 93.1 cm³/mol. The molecule has 0 aliphatic rings. The molecule has 1 unspecified atom stereocenters. The number of hydrogen-bond acceptors (Lipinski definition) is 1. The van der Waals surface area contributed by atoms with Crippen molar-refractivity contribution < 1.29 is 0 Å². The van der Waals surface area contributed by atoms with Crippen LogP contribution in [-0.4, -0.2) is 6.54 Å². The highest BCUT2D eigenvalue weighted by atomic mass is 14.9. The van der Waals surface area contributed by atoms with Crippen LogP contribution in [0.25, 0.3) is 0 Å². The molecule has 0 fully saturated rings. The van der Waals surface area contributed by atoms with Gasteiger partial charge < -0.3 is 5.32 Å². The third kappa shape index (κ3) is 4.35. The number of hydrogen-bond donors (Lipinski definition) is 1. The molecular weight excluding hydrogens is 254 g/mol. The maximum atomic E-state index is 3.62. The minimum atomic E-state index is 0.175. The molecule has 0 heterocycles. The molecule has 1 heteroatoms. The maximum absolute atomic E-state index is 3.62. The van der Waals surface area contributed by atoms with Gasteiger partial charge >= 0.3 is 0 Å². The van der Waals surface area contributed by atoms with E-state index in [2.05, 4.69) is 87.6 Å². The number of benzene rings is 2. The molecule has 2 aromatic rings. The first-order valence-electron chi connectivity index (χ1n) is 7.87. The van der Waals surface area contributed by atoms with Crippen molar-refractivity contribution in [3.05, 3.63) is 65.7 Å². The molecule has 0 aromatic heterocycles. The van der Waals surface area contributed by atoms with Gasteiger partial charge in [-0.05, 0) is 34.9 Å². The fourth-order valence-electron chi connectivity index (χ4n) is 2.66. The Morgan fingerprint density at radius 3 is 2.19 bits per heavy atom. The number of nitrogens with one attached hydrogen (secondary N) is 1. The van der Waals surface area contributed by atoms with Crippen molar-refractivity contribution in [2.75, 3.05) is 11.9 Å². The van der Waals surface area contributed by atoms with Crippen LogP contribution in [0.1, 0.15) is 51.2 Å². The smallest absolute Gasteiger partial charge is 0.0378 e. The first kappa shape index (κ1) is 15.6. The summed E-state index contributed by atoms with van der Waals surface area (Å²) in [5, 5.41) is 3.62. The van der Waals surface area contributed by atoms with Crippen LogP contribution >= 0.6 is 0 Å². The van der Waals surface area contributed by atoms with Crippen molar-refractivity contribution in [1.82, 2.24) is 0 Å². The first-order valence-corrected chi connectivity index (χ1v) is 7.87. The summed E-state index contributed by atoms with van der Waals surface area (Å²) in [5.41, 5.74) is 4.25. The molecule has 1 N–H and O–H groups in total. The van der Waals surface area contributed by atoms with E-state index in [1.54, 1.807) is 0 Å². The minimum Gasteiger partial charge on any atom is -0.385 e. The maximum Gasteiger partial charge on any atom is 0.0378 e. The Balaban J connectivity index is 1.95. The lowest BCUT2D eigenvalue weighted by atomic mass is 9.86. The van der Waals surface area contributed by atoms with E-state index in [9.17, 15) is 0 Å². The lowest BCUT2D eigenvalue weighted by Crippen LogP contribution is -2.15. The van der Waals surface area contributed by atoms with Gasteiger partial charge in [0.05, 0.1) is 0 Å². The van der Waals surface area contributed by atoms with Gasteiger partial charge in [0.2, 0.25) is 0 Å². The molecule has 1 nitrogen and oxygen atoms in total. The van der Waals surface area contributed by atoms with Gasteiger partial charge in [0.25, 0.3) is 0 Å². The van der Waals surface area contributed by atoms with Crippen molar-refractivity contribution in [2.24, 2.45) is 0 Å². The molecule has 2 aromatic carbocycles. The molecule has 1 atom stereocenters. The predicted octanol–water partition coefficient (Wildman–Crippen LogP) is 5.59. The van der Waals surface area contributed by atoms with Crippen molar-refractivity contribution >= 4 is 5.69 Å². The normalized spacial score (nSPS) is 13.0. The van der Waals surface area contributed by atoms with Crippen LogP contribution in [0, 0.1) is 0 Å². The number of rotatable bonds is 5. The van der Waals surface area contributed by atoms with Crippen molar-refractivity contribution in [2.45, 2.75) is 45.4 Å². The van der Waals surface area contributed by atoms with E-state index in [1.165, 1.54) is 16.8 Å². The Hall–Kier alpha value is -1.76. The van der Waals surface area contributed by atoms with Crippen LogP contribution in [0.15, 0.2) is 54.6 Å². The summed E-state index contributed by atoms with van der Waals surface area (Å²) < 4.78 is 0. The second kappa shape index (κ2) is 6.80. The van der Waals surface area contributed by atoms with E-state index < -0.39 is 0 Å². The van der Waals surface area contributed by atoms with Crippen molar-refractivity contribution in [3.63, 3.8) is 0 Å². The van der Waals surface area contributed by atoms with Gasteiger partial charge in [-0.15, -0.1) is 0 Å².